The molecule has 1 aromatic carbocycles. The third kappa shape index (κ3) is 3.63. The van der Waals surface area contributed by atoms with Gasteiger partial charge in [0.25, 0.3) is 5.91 Å². The number of thiophene rings is 1. The quantitative estimate of drug-likeness (QED) is 0.835. The van der Waals surface area contributed by atoms with E-state index in [0.717, 1.165) is 56.1 Å². The zero-order chi connectivity index (χ0) is 17.4. The Balaban J connectivity index is 0.00000196. The number of carbonyl (C=O) groups is 1. The van der Waals surface area contributed by atoms with Crippen molar-refractivity contribution in [1.82, 2.24) is 10.2 Å². The summed E-state index contributed by atoms with van der Waals surface area (Å²) in [4.78, 5) is 14.8. The summed E-state index contributed by atoms with van der Waals surface area (Å²) in [7, 11) is 0. The molecule has 1 amide bonds. The third-order valence-electron chi connectivity index (χ3n) is 5.47. The molecule has 1 N–H and O–H groups in total. The minimum absolute atomic E-state index is 0. The summed E-state index contributed by atoms with van der Waals surface area (Å²) in [5.74, 6) is -1.67. The van der Waals surface area contributed by atoms with Gasteiger partial charge in [-0.2, -0.15) is 11.3 Å². The van der Waals surface area contributed by atoms with Gasteiger partial charge in [-0.25, -0.2) is 8.78 Å². The van der Waals surface area contributed by atoms with Gasteiger partial charge >= 0.3 is 0 Å². The van der Waals surface area contributed by atoms with Crippen molar-refractivity contribution in [2.24, 2.45) is 5.41 Å². The Kier molecular flexibility index (Phi) is 5.65. The van der Waals surface area contributed by atoms with Crippen molar-refractivity contribution in [3.63, 3.8) is 0 Å². The van der Waals surface area contributed by atoms with E-state index in [4.69, 9.17) is 0 Å². The van der Waals surface area contributed by atoms with Gasteiger partial charge in [0.2, 0.25) is 0 Å². The van der Waals surface area contributed by atoms with Gasteiger partial charge < -0.3 is 10.2 Å². The summed E-state index contributed by atoms with van der Waals surface area (Å²) in [5, 5.41) is 7.32. The fraction of sp³-hybridized carbons (Fsp3) is 0.421. The van der Waals surface area contributed by atoms with Crippen molar-refractivity contribution < 1.29 is 13.6 Å². The smallest absolute Gasteiger partial charge is 0.257 e. The molecule has 2 fully saturated rings. The lowest BCUT2D eigenvalue weighted by Gasteiger charge is -2.29. The maximum atomic E-state index is 14.2. The number of nitrogens with zero attached hydrogens (tertiary/aromatic N) is 1. The van der Waals surface area contributed by atoms with Crippen LogP contribution < -0.4 is 5.32 Å². The summed E-state index contributed by atoms with van der Waals surface area (Å²) < 4.78 is 27.7. The van der Waals surface area contributed by atoms with Crippen LogP contribution >= 0.6 is 23.7 Å². The first-order valence-electron chi connectivity index (χ1n) is 8.57. The molecule has 2 aromatic rings. The molecule has 1 unspecified atom stereocenters. The SMILES string of the molecule is Cl.O=C(c1cc(F)ccc1F)N(Cc1ccsc1)C1CC12CCNCC2. The first kappa shape index (κ1) is 19.3. The van der Waals surface area contributed by atoms with Crippen molar-refractivity contribution in [3.8, 4) is 0 Å². The highest BCUT2D eigenvalue weighted by Crippen LogP contribution is 2.56. The molecule has 1 aliphatic carbocycles. The molecule has 1 spiro atoms. The maximum Gasteiger partial charge on any atom is 0.257 e. The monoisotopic (exact) mass is 398 g/mol. The van der Waals surface area contributed by atoms with E-state index < -0.39 is 17.5 Å². The van der Waals surface area contributed by atoms with E-state index in [2.05, 4.69) is 5.32 Å². The summed E-state index contributed by atoms with van der Waals surface area (Å²) in [6.45, 7) is 2.34. The van der Waals surface area contributed by atoms with E-state index in [1.54, 1.807) is 16.2 Å². The van der Waals surface area contributed by atoms with Crippen molar-refractivity contribution in [1.29, 1.82) is 0 Å². The minimum atomic E-state index is -0.665. The first-order valence-corrected chi connectivity index (χ1v) is 9.51. The van der Waals surface area contributed by atoms with Gasteiger partial charge in [0.05, 0.1) is 5.56 Å². The Hall–Kier alpha value is -1.50. The molecule has 2 aliphatic rings. The number of piperidine rings is 1. The average Bonchev–Trinajstić information content (AvgIpc) is 3.05. The highest BCUT2D eigenvalue weighted by molar-refractivity contribution is 7.07. The summed E-state index contributed by atoms with van der Waals surface area (Å²) in [6.07, 6.45) is 2.99. The van der Waals surface area contributed by atoms with Gasteiger partial charge in [0.1, 0.15) is 11.6 Å². The van der Waals surface area contributed by atoms with Crippen LogP contribution in [-0.4, -0.2) is 29.9 Å². The van der Waals surface area contributed by atoms with E-state index >= 15 is 0 Å². The van der Waals surface area contributed by atoms with Crippen LogP contribution in [0.3, 0.4) is 0 Å². The average molecular weight is 399 g/mol. The van der Waals surface area contributed by atoms with Gasteiger partial charge in [0, 0.05) is 12.6 Å². The Morgan fingerprint density at radius 1 is 1.27 bits per heavy atom. The fourth-order valence-electron chi connectivity index (χ4n) is 3.95. The number of benzene rings is 1. The standard InChI is InChI=1S/C19H20F2N2OS.ClH/c20-14-1-2-16(21)15(9-14)18(24)23(11-13-3-8-25-12-13)17-10-19(17)4-6-22-7-5-19;/h1-3,8-9,12,17,22H,4-7,10-11H2;1H. The molecule has 4 rings (SSSR count). The van der Waals surface area contributed by atoms with Crippen LogP contribution in [0.2, 0.25) is 0 Å². The Labute approximate surface area is 161 Å². The highest BCUT2D eigenvalue weighted by atomic mass is 35.5. The highest BCUT2D eigenvalue weighted by Gasteiger charge is 2.57. The largest absolute Gasteiger partial charge is 0.331 e. The fourth-order valence-corrected chi connectivity index (χ4v) is 4.61. The van der Waals surface area contributed by atoms with Crippen LogP contribution in [-0.2, 0) is 6.54 Å². The summed E-state index contributed by atoms with van der Waals surface area (Å²) in [5.41, 5.74) is 0.998. The molecule has 1 aromatic heterocycles. The Morgan fingerprint density at radius 2 is 2.04 bits per heavy atom. The second kappa shape index (κ2) is 7.62. The number of carbonyl (C=O) groups excluding carboxylic acids is 1. The summed E-state index contributed by atoms with van der Waals surface area (Å²) in [6, 6.07) is 5.16. The molecule has 1 saturated carbocycles. The van der Waals surface area contributed by atoms with Gasteiger partial charge in [0.15, 0.2) is 0 Å². The molecule has 1 saturated heterocycles. The molecular weight excluding hydrogens is 378 g/mol. The Bertz CT molecular complexity index is 778. The maximum absolute atomic E-state index is 14.2. The second-order valence-corrected chi connectivity index (χ2v) is 7.80. The van der Waals surface area contributed by atoms with Crippen LogP contribution in [0.15, 0.2) is 35.0 Å². The van der Waals surface area contributed by atoms with Crippen molar-refractivity contribution in [3.05, 3.63) is 57.8 Å². The van der Waals surface area contributed by atoms with E-state index in [1.807, 2.05) is 16.8 Å². The van der Waals surface area contributed by atoms with Crippen LogP contribution in [0, 0.1) is 17.0 Å². The van der Waals surface area contributed by atoms with E-state index in [-0.39, 0.29) is 29.4 Å². The van der Waals surface area contributed by atoms with E-state index in [9.17, 15) is 13.6 Å². The van der Waals surface area contributed by atoms with Crippen molar-refractivity contribution in [2.75, 3.05) is 13.1 Å². The van der Waals surface area contributed by atoms with Crippen LogP contribution in [0.25, 0.3) is 0 Å². The lowest BCUT2D eigenvalue weighted by molar-refractivity contribution is 0.0687. The van der Waals surface area contributed by atoms with Crippen LogP contribution in [0.4, 0.5) is 8.78 Å². The molecule has 1 atom stereocenters. The van der Waals surface area contributed by atoms with Gasteiger partial charge in [-0.1, -0.05) is 0 Å². The molecule has 7 heteroatoms. The van der Waals surface area contributed by atoms with E-state index in [1.165, 1.54) is 0 Å². The Morgan fingerprint density at radius 3 is 2.73 bits per heavy atom. The predicted molar refractivity (Wildman–Crippen MR) is 101 cm³/mol. The minimum Gasteiger partial charge on any atom is -0.331 e. The number of halogens is 3. The number of hydrogen-bond acceptors (Lipinski definition) is 3. The lowest BCUT2D eigenvalue weighted by atomic mass is 9.93. The molecule has 0 bridgehead atoms. The van der Waals surface area contributed by atoms with Crippen LogP contribution in [0.1, 0.15) is 35.2 Å². The molecule has 140 valence electrons. The van der Waals surface area contributed by atoms with Crippen molar-refractivity contribution in [2.45, 2.75) is 31.8 Å². The topological polar surface area (TPSA) is 32.3 Å². The van der Waals surface area contributed by atoms with Gasteiger partial charge in [-0.15, -0.1) is 12.4 Å². The molecule has 2 heterocycles. The third-order valence-corrected chi connectivity index (χ3v) is 6.21. The number of nitrogens with one attached hydrogen (secondary N) is 1. The zero-order valence-electron chi connectivity index (χ0n) is 14.2. The summed E-state index contributed by atoms with van der Waals surface area (Å²) >= 11 is 1.57. The number of amides is 1. The first-order chi connectivity index (χ1) is 12.1. The molecule has 3 nitrogen and oxygen atoms in total. The lowest BCUT2D eigenvalue weighted by Crippen LogP contribution is -2.39. The number of hydrogen-bond donors (Lipinski definition) is 1. The normalized spacial score (nSPS) is 20.5. The van der Waals surface area contributed by atoms with E-state index in [0.29, 0.717) is 6.54 Å². The molecule has 1 aliphatic heterocycles. The van der Waals surface area contributed by atoms with Gasteiger partial charge in [-0.05, 0) is 78.4 Å². The molecular formula is C19H21ClF2N2OS. The van der Waals surface area contributed by atoms with Gasteiger partial charge in [-0.3, -0.25) is 4.79 Å². The molecule has 26 heavy (non-hydrogen) atoms. The second-order valence-electron chi connectivity index (χ2n) is 7.02. The number of rotatable bonds is 4. The predicted octanol–water partition coefficient (Wildman–Crippen LogP) is 4.23. The molecule has 0 radical (unpaired) electrons. The zero-order valence-corrected chi connectivity index (χ0v) is 15.8. The van der Waals surface area contributed by atoms with Crippen molar-refractivity contribution >= 4 is 29.7 Å². The van der Waals surface area contributed by atoms with Crippen LogP contribution in [0.5, 0.6) is 0 Å².